The smallest absolute Gasteiger partial charge is 0.392 e. The lowest BCUT2D eigenvalue weighted by atomic mass is 10.1. The van der Waals surface area contributed by atoms with Crippen molar-refractivity contribution in [3.05, 3.63) is 51.3 Å². The minimum atomic E-state index is -4.44. The molecule has 0 aliphatic carbocycles. The molecule has 1 heterocycles. The normalized spacial score (nSPS) is 12.9. The van der Waals surface area contributed by atoms with E-state index in [0.717, 1.165) is 12.2 Å². The van der Waals surface area contributed by atoms with Crippen LogP contribution >= 0.6 is 15.9 Å². The van der Waals surface area contributed by atoms with Crippen molar-refractivity contribution in [3.8, 4) is 6.07 Å². The number of hydrogen-bond donors (Lipinski definition) is 0. The third-order valence-corrected chi connectivity index (χ3v) is 2.31. The molecule has 3 nitrogen and oxygen atoms in total. The van der Waals surface area contributed by atoms with Gasteiger partial charge in [0.25, 0.3) is 5.70 Å². The van der Waals surface area contributed by atoms with E-state index in [-0.39, 0.29) is 11.3 Å². The maximum absolute atomic E-state index is 12.4. The molecule has 1 aromatic heterocycles. The molecular weight excluding hydrogens is 325 g/mol. The van der Waals surface area contributed by atoms with Gasteiger partial charge in [0.05, 0.1) is 19.1 Å². The van der Waals surface area contributed by atoms with Gasteiger partial charge in [-0.3, -0.25) is 0 Å². The van der Waals surface area contributed by atoms with Gasteiger partial charge in [-0.25, -0.2) is 10.1 Å². The fraction of sp³-hybridized carbons (Fsp3) is 0.167. The lowest BCUT2D eigenvalue weighted by Gasteiger charge is -2.06. The number of nitriles is 1. The van der Waals surface area contributed by atoms with Crippen LogP contribution in [-0.4, -0.2) is 6.18 Å². The molecule has 0 radical (unpaired) electrons. The van der Waals surface area contributed by atoms with E-state index in [1.807, 2.05) is 0 Å². The molecule has 0 aromatic carbocycles. The van der Waals surface area contributed by atoms with Gasteiger partial charge in [-0.05, 0) is 45.8 Å². The molecule has 98 valence electrons. The standard InChI is InChI=1S/C12H6BrF3N2O/c1-18-9(7-17)4-8(6-12(14,15)16)5-10-2-3-11(13)19-10/h2-5H,6H2/b8-5-,9-4-. The lowest BCUT2D eigenvalue weighted by Crippen LogP contribution is -2.07. The summed E-state index contributed by atoms with van der Waals surface area (Å²) in [6.07, 6.45) is -3.64. The second-order valence-electron chi connectivity index (χ2n) is 3.41. The molecule has 7 heteroatoms. The second kappa shape index (κ2) is 6.26. The summed E-state index contributed by atoms with van der Waals surface area (Å²) in [5.74, 6) is 0.199. The molecule has 1 rings (SSSR count). The number of rotatable bonds is 3. The summed E-state index contributed by atoms with van der Waals surface area (Å²) in [5.41, 5.74) is -0.636. The zero-order valence-corrected chi connectivity index (χ0v) is 10.9. The molecule has 0 saturated carbocycles. The number of hydrogen-bond acceptors (Lipinski definition) is 2. The number of furan rings is 1. The van der Waals surface area contributed by atoms with Crippen molar-refractivity contribution < 1.29 is 17.6 Å². The summed E-state index contributed by atoms with van der Waals surface area (Å²) < 4.78 is 42.6. The predicted octanol–water partition coefficient (Wildman–Crippen LogP) is 4.70. The highest BCUT2D eigenvalue weighted by atomic mass is 79.9. The molecule has 0 spiro atoms. The average molecular weight is 331 g/mol. The van der Waals surface area contributed by atoms with Crippen molar-refractivity contribution in [2.24, 2.45) is 0 Å². The van der Waals surface area contributed by atoms with E-state index in [1.165, 1.54) is 18.2 Å². The zero-order valence-electron chi connectivity index (χ0n) is 9.33. The third kappa shape index (κ3) is 5.45. The quantitative estimate of drug-likeness (QED) is 0.457. The maximum atomic E-state index is 12.4. The van der Waals surface area contributed by atoms with Crippen LogP contribution in [0.25, 0.3) is 10.9 Å². The molecule has 0 saturated heterocycles. The fourth-order valence-corrected chi connectivity index (χ4v) is 1.55. The van der Waals surface area contributed by atoms with Crippen molar-refractivity contribution in [1.82, 2.24) is 0 Å². The van der Waals surface area contributed by atoms with E-state index in [0.29, 0.717) is 4.67 Å². The maximum Gasteiger partial charge on any atom is 0.392 e. The van der Waals surface area contributed by atoms with Crippen LogP contribution in [0.4, 0.5) is 13.2 Å². The van der Waals surface area contributed by atoms with Gasteiger partial charge in [0.2, 0.25) is 0 Å². The Kier molecular flexibility index (Phi) is 4.96. The van der Waals surface area contributed by atoms with Crippen LogP contribution in [0, 0.1) is 17.9 Å². The van der Waals surface area contributed by atoms with Gasteiger partial charge in [0.1, 0.15) is 5.76 Å². The first-order chi connectivity index (χ1) is 8.84. The summed E-state index contributed by atoms with van der Waals surface area (Å²) >= 11 is 3.03. The van der Waals surface area contributed by atoms with Crippen LogP contribution in [0.5, 0.6) is 0 Å². The van der Waals surface area contributed by atoms with Gasteiger partial charge < -0.3 is 4.42 Å². The van der Waals surface area contributed by atoms with Crippen LogP contribution < -0.4 is 0 Å². The van der Waals surface area contributed by atoms with Crippen LogP contribution in [0.1, 0.15) is 12.2 Å². The Morgan fingerprint density at radius 2 is 2.21 bits per heavy atom. The fourth-order valence-electron chi connectivity index (χ4n) is 1.23. The summed E-state index contributed by atoms with van der Waals surface area (Å²) in [6, 6.07) is 4.52. The van der Waals surface area contributed by atoms with Crippen LogP contribution in [-0.2, 0) is 0 Å². The highest BCUT2D eigenvalue weighted by molar-refractivity contribution is 9.10. The van der Waals surface area contributed by atoms with E-state index in [1.54, 1.807) is 0 Å². The number of allylic oxidation sites excluding steroid dienone is 3. The summed E-state index contributed by atoms with van der Waals surface area (Å²) in [6.45, 7) is 6.66. The molecule has 1 aromatic rings. The molecule has 0 unspecified atom stereocenters. The van der Waals surface area contributed by atoms with Crippen LogP contribution in [0.15, 0.2) is 38.6 Å². The van der Waals surface area contributed by atoms with Gasteiger partial charge in [-0.15, -0.1) is 0 Å². The molecule has 0 bridgehead atoms. The van der Waals surface area contributed by atoms with E-state index < -0.39 is 18.3 Å². The van der Waals surface area contributed by atoms with Crippen LogP contribution in [0.3, 0.4) is 0 Å². The van der Waals surface area contributed by atoms with Gasteiger partial charge in [-0.1, -0.05) is 0 Å². The molecule has 0 atom stereocenters. The van der Waals surface area contributed by atoms with Crippen molar-refractivity contribution in [2.45, 2.75) is 12.6 Å². The van der Waals surface area contributed by atoms with Crippen molar-refractivity contribution in [3.63, 3.8) is 0 Å². The van der Waals surface area contributed by atoms with E-state index in [2.05, 4.69) is 20.8 Å². The first-order valence-electron chi connectivity index (χ1n) is 4.86. The SMILES string of the molecule is [C-]#[N+]/C(C#N)=C\C(=C\c1ccc(Br)o1)CC(F)(F)F. The second-order valence-corrected chi connectivity index (χ2v) is 4.19. The zero-order chi connectivity index (χ0) is 14.5. The van der Waals surface area contributed by atoms with Gasteiger partial charge >= 0.3 is 6.18 Å². The third-order valence-electron chi connectivity index (χ3n) is 1.88. The largest absolute Gasteiger partial charge is 0.450 e. The molecule has 0 aliphatic rings. The summed E-state index contributed by atoms with van der Waals surface area (Å²) in [4.78, 5) is 2.83. The Bertz CT molecular complexity index is 584. The topological polar surface area (TPSA) is 41.3 Å². The first-order valence-corrected chi connectivity index (χ1v) is 5.65. The predicted molar refractivity (Wildman–Crippen MR) is 65.4 cm³/mol. The van der Waals surface area contributed by atoms with Crippen LogP contribution in [0.2, 0.25) is 0 Å². The number of nitrogens with zero attached hydrogens (tertiary/aromatic N) is 2. The first kappa shape index (κ1) is 15.1. The average Bonchev–Trinajstić information content (AvgIpc) is 2.69. The minimum Gasteiger partial charge on any atom is -0.450 e. The monoisotopic (exact) mass is 330 g/mol. The lowest BCUT2D eigenvalue weighted by molar-refractivity contribution is -0.126. The highest BCUT2D eigenvalue weighted by Crippen LogP contribution is 2.28. The summed E-state index contributed by atoms with van der Waals surface area (Å²) in [7, 11) is 0. The van der Waals surface area contributed by atoms with Gasteiger partial charge in [-0.2, -0.15) is 13.2 Å². The minimum absolute atomic E-state index is 0.199. The van der Waals surface area contributed by atoms with Crippen molar-refractivity contribution >= 4 is 22.0 Å². The number of alkyl halides is 3. The molecule has 0 amide bonds. The summed E-state index contributed by atoms with van der Waals surface area (Å²) in [5, 5.41) is 8.57. The van der Waals surface area contributed by atoms with E-state index in [4.69, 9.17) is 16.3 Å². The molecule has 19 heavy (non-hydrogen) atoms. The van der Waals surface area contributed by atoms with Gasteiger partial charge in [0.15, 0.2) is 4.67 Å². The highest BCUT2D eigenvalue weighted by Gasteiger charge is 2.28. The Morgan fingerprint density at radius 3 is 2.63 bits per heavy atom. The number of halogens is 4. The van der Waals surface area contributed by atoms with E-state index in [9.17, 15) is 13.2 Å². The Morgan fingerprint density at radius 1 is 1.53 bits per heavy atom. The van der Waals surface area contributed by atoms with Crippen molar-refractivity contribution in [2.75, 3.05) is 0 Å². The molecule has 0 aliphatic heterocycles. The molecule has 0 N–H and O–H groups in total. The van der Waals surface area contributed by atoms with Gasteiger partial charge in [0, 0.05) is 0 Å². The van der Waals surface area contributed by atoms with E-state index >= 15 is 0 Å². The van der Waals surface area contributed by atoms with Crippen molar-refractivity contribution in [1.29, 1.82) is 5.26 Å². The molecule has 0 fully saturated rings. The Labute approximate surface area is 115 Å². The Balaban J connectivity index is 3.14. The molecular formula is C12H6BrF3N2O. The Hall–Kier alpha value is -1.99.